The van der Waals surface area contributed by atoms with Crippen LogP contribution < -0.4 is 10.5 Å². The SMILES string of the molecule is CCCN(CCN(C)C)Cc1ccc(OC)cc1N. The first-order chi connectivity index (χ1) is 9.06. The molecule has 0 fully saturated rings. The van der Waals surface area contributed by atoms with Gasteiger partial charge in [0.05, 0.1) is 7.11 Å². The highest BCUT2D eigenvalue weighted by atomic mass is 16.5. The molecular formula is C15H27N3O. The lowest BCUT2D eigenvalue weighted by Gasteiger charge is -2.24. The lowest BCUT2D eigenvalue weighted by atomic mass is 10.1. The van der Waals surface area contributed by atoms with Crippen molar-refractivity contribution in [3.63, 3.8) is 0 Å². The van der Waals surface area contributed by atoms with E-state index in [9.17, 15) is 0 Å². The molecule has 0 saturated heterocycles. The minimum atomic E-state index is 0.810. The van der Waals surface area contributed by atoms with Gasteiger partial charge >= 0.3 is 0 Å². The molecule has 4 nitrogen and oxygen atoms in total. The van der Waals surface area contributed by atoms with Crippen LogP contribution in [0.5, 0.6) is 5.75 Å². The lowest BCUT2D eigenvalue weighted by molar-refractivity contribution is 0.234. The summed E-state index contributed by atoms with van der Waals surface area (Å²) in [7, 11) is 5.87. The fourth-order valence-electron chi connectivity index (χ4n) is 2.01. The second kappa shape index (κ2) is 8.02. The summed E-state index contributed by atoms with van der Waals surface area (Å²) in [6.45, 7) is 6.33. The van der Waals surface area contributed by atoms with Gasteiger partial charge in [-0.3, -0.25) is 4.90 Å². The van der Waals surface area contributed by atoms with Crippen LogP contribution in [0.3, 0.4) is 0 Å². The monoisotopic (exact) mass is 265 g/mol. The van der Waals surface area contributed by atoms with E-state index in [-0.39, 0.29) is 0 Å². The van der Waals surface area contributed by atoms with Crippen LogP contribution in [0.25, 0.3) is 0 Å². The van der Waals surface area contributed by atoms with Gasteiger partial charge in [0.25, 0.3) is 0 Å². The molecule has 1 aromatic rings. The molecule has 108 valence electrons. The van der Waals surface area contributed by atoms with Gasteiger partial charge in [-0.05, 0) is 38.7 Å². The summed E-state index contributed by atoms with van der Waals surface area (Å²) in [5.41, 5.74) is 8.06. The predicted molar refractivity (Wildman–Crippen MR) is 81.5 cm³/mol. The molecule has 0 radical (unpaired) electrons. The number of methoxy groups -OCH3 is 1. The zero-order chi connectivity index (χ0) is 14.3. The molecule has 1 rings (SSSR count). The Kier molecular flexibility index (Phi) is 6.67. The molecular weight excluding hydrogens is 238 g/mol. The highest BCUT2D eigenvalue weighted by Gasteiger charge is 2.08. The average molecular weight is 265 g/mol. The Balaban J connectivity index is 2.67. The normalized spacial score (nSPS) is 11.3. The summed E-state index contributed by atoms with van der Waals surface area (Å²) in [5.74, 6) is 0.816. The number of ether oxygens (including phenoxy) is 1. The third kappa shape index (κ3) is 5.49. The Morgan fingerprint density at radius 3 is 2.42 bits per heavy atom. The smallest absolute Gasteiger partial charge is 0.120 e. The molecule has 0 aliphatic heterocycles. The van der Waals surface area contributed by atoms with E-state index in [0.717, 1.165) is 44.0 Å². The largest absolute Gasteiger partial charge is 0.497 e. The molecule has 1 aromatic carbocycles. The van der Waals surface area contributed by atoms with Crippen molar-refractivity contribution in [1.29, 1.82) is 0 Å². The number of rotatable bonds is 8. The van der Waals surface area contributed by atoms with E-state index >= 15 is 0 Å². The summed E-state index contributed by atoms with van der Waals surface area (Å²) in [5, 5.41) is 0. The molecule has 0 aliphatic carbocycles. The second-order valence-electron chi connectivity index (χ2n) is 5.14. The van der Waals surface area contributed by atoms with Crippen LogP contribution in [-0.2, 0) is 6.54 Å². The molecule has 2 N–H and O–H groups in total. The van der Waals surface area contributed by atoms with Crippen molar-refractivity contribution in [1.82, 2.24) is 9.80 Å². The Labute approximate surface area is 117 Å². The minimum absolute atomic E-state index is 0.810. The van der Waals surface area contributed by atoms with Crippen LogP contribution in [0.15, 0.2) is 18.2 Å². The predicted octanol–water partition coefficient (Wildman–Crippen LogP) is 2.05. The summed E-state index contributed by atoms with van der Waals surface area (Å²) >= 11 is 0. The molecule has 0 saturated carbocycles. The van der Waals surface area contributed by atoms with Crippen LogP contribution >= 0.6 is 0 Å². The average Bonchev–Trinajstić information content (AvgIpc) is 2.38. The Morgan fingerprint density at radius 1 is 1.16 bits per heavy atom. The van der Waals surface area contributed by atoms with Gasteiger partial charge in [-0.15, -0.1) is 0 Å². The Bertz CT molecular complexity index is 380. The van der Waals surface area contributed by atoms with Crippen LogP contribution in [0.4, 0.5) is 5.69 Å². The van der Waals surface area contributed by atoms with E-state index in [1.807, 2.05) is 12.1 Å². The van der Waals surface area contributed by atoms with E-state index < -0.39 is 0 Å². The van der Waals surface area contributed by atoms with Crippen molar-refractivity contribution < 1.29 is 4.74 Å². The Morgan fingerprint density at radius 2 is 1.89 bits per heavy atom. The molecule has 0 amide bonds. The molecule has 0 atom stereocenters. The number of nitrogens with two attached hydrogens (primary N) is 1. The van der Waals surface area contributed by atoms with E-state index in [4.69, 9.17) is 10.5 Å². The maximum atomic E-state index is 6.08. The number of nitrogens with zero attached hydrogens (tertiary/aromatic N) is 2. The second-order valence-corrected chi connectivity index (χ2v) is 5.14. The first-order valence-corrected chi connectivity index (χ1v) is 6.86. The third-order valence-corrected chi connectivity index (χ3v) is 3.15. The van der Waals surface area contributed by atoms with E-state index in [1.54, 1.807) is 7.11 Å². The van der Waals surface area contributed by atoms with Crippen molar-refractivity contribution in [2.45, 2.75) is 19.9 Å². The van der Waals surface area contributed by atoms with Crippen molar-refractivity contribution in [2.75, 3.05) is 46.6 Å². The molecule has 0 heterocycles. The quantitative estimate of drug-likeness (QED) is 0.731. The summed E-state index contributed by atoms with van der Waals surface area (Å²) < 4.78 is 5.18. The van der Waals surface area contributed by atoms with E-state index in [1.165, 1.54) is 5.56 Å². The zero-order valence-electron chi connectivity index (χ0n) is 12.6. The number of benzene rings is 1. The van der Waals surface area contributed by atoms with Crippen LogP contribution in [-0.4, -0.2) is 50.6 Å². The number of nitrogen functional groups attached to an aromatic ring is 1. The number of likely N-dealkylation sites (N-methyl/N-ethyl adjacent to an activating group) is 1. The topological polar surface area (TPSA) is 41.7 Å². The standard InChI is InChI=1S/C15H27N3O/c1-5-8-18(10-9-17(2)3)12-13-6-7-14(19-4)11-15(13)16/h6-7,11H,5,8-10,12,16H2,1-4H3. The molecule has 19 heavy (non-hydrogen) atoms. The molecule has 0 aliphatic rings. The van der Waals surface area contributed by atoms with Gasteiger partial charge in [-0.1, -0.05) is 13.0 Å². The van der Waals surface area contributed by atoms with Gasteiger partial charge < -0.3 is 15.4 Å². The fraction of sp³-hybridized carbons (Fsp3) is 0.600. The number of hydrogen-bond donors (Lipinski definition) is 1. The highest BCUT2D eigenvalue weighted by Crippen LogP contribution is 2.21. The van der Waals surface area contributed by atoms with Gasteiger partial charge in [0.15, 0.2) is 0 Å². The maximum absolute atomic E-state index is 6.08. The summed E-state index contributed by atoms with van der Waals surface area (Å²) in [6.07, 6.45) is 1.16. The first-order valence-electron chi connectivity index (χ1n) is 6.86. The highest BCUT2D eigenvalue weighted by molar-refractivity contribution is 5.51. The third-order valence-electron chi connectivity index (χ3n) is 3.15. The van der Waals surface area contributed by atoms with Gasteiger partial charge in [0.2, 0.25) is 0 Å². The van der Waals surface area contributed by atoms with Crippen molar-refractivity contribution in [2.24, 2.45) is 0 Å². The van der Waals surface area contributed by atoms with Crippen LogP contribution in [0, 0.1) is 0 Å². The van der Waals surface area contributed by atoms with Crippen molar-refractivity contribution >= 4 is 5.69 Å². The fourth-order valence-corrected chi connectivity index (χ4v) is 2.01. The van der Waals surface area contributed by atoms with Gasteiger partial charge in [-0.25, -0.2) is 0 Å². The number of anilines is 1. The lowest BCUT2D eigenvalue weighted by Crippen LogP contribution is -2.32. The van der Waals surface area contributed by atoms with Gasteiger partial charge in [0, 0.05) is 31.4 Å². The Hall–Kier alpha value is -1.26. The van der Waals surface area contributed by atoms with Crippen LogP contribution in [0.2, 0.25) is 0 Å². The minimum Gasteiger partial charge on any atom is -0.497 e. The van der Waals surface area contributed by atoms with Crippen molar-refractivity contribution in [3.05, 3.63) is 23.8 Å². The van der Waals surface area contributed by atoms with Gasteiger partial charge in [0.1, 0.15) is 5.75 Å². The molecule has 0 bridgehead atoms. The maximum Gasteiger partial charge on any atom is 0.120 e. The van der Waals surface area contributed by atoms with Gasteiger partial charge in [-0.2, -0.15) is 0 Å². The summed E-state index contributed by atoms with van der Waals surface area (Å²) in [4.78, 5) is 4.65. The van der Waals surface area contributed by atoms with Crippen LogP contribution in [0.1, 0.15) is 18.9 Å². The van der Waals surface area contributed by atoms with Crippen molar-refractivity contribution in [3.8, 4) is 5.75 Å². The number of hydrogen-bond acceptors (Lipinski definition) is 4. The zero-order valence-corrected chi connectivity index (χ0v) is 12.6. The molecule has 0 aromatic heterocycles. The molecule has 0 unspecified atom stereocenters. The summed E-state index contributed by atoms with van der Waals surface area (Å²) in [6, 6.07) is 5.93. The van der Waals surface area contributed by atoms with E-state index in [2.05, 4.69) is 36.9 Å². The van der Waals surface area contributed by atoms with E-state index in [0.29, 0.717) is 0 Å². The molecule has 0 spiro atoms. The molecule has 4 heteroatoms. The first kappa shape index (κ1) is 15.8.